The molecule has 2 fully saturated rings. The summed E-state index contributed by atoms with van der Waals surface area (Å²) in [5, 5.41) is 4.22. The van der Waals surface area contributed by atoms with Crippen molar-refractivity contribution in [2.75, 3.05) is 13.1 Å². The fourth-order valence-electron chi connectivity index (χ4n) is 4.43. The van der Waals surface area contributed by atoms with E-state index in [1.807, 2.05) is 12.1 Å². The predicted molar refractivity (Wildman–Crippen MR) is 97.9 cm³/mol. The number of allylic oxidation sites excluding steroid dienone is 1. The third kappa shape index (κ3) is 2.89. The van der Waals surface area contributed by atoms with Gasteiger partial charge in [0.25, 0.3) is 0 Å². The van der Waals surface area contributed by atoms with Crippen molar-refractivity contribution in [1.82, 2.24) is 10.2 Å². The van der Waals surface area contributed by atoms with Crippen molar-refractivity contribution in [3.63, 3.8) is 0 Å². The summed E-state index contributed by atoms with van der Waals surface area (Å²) in [5.41, 5.74) is 3.65. The Morgan fingerprint density at radius 3 is 2.67 bits per heavy atom. The Kier molecular flexibility index (Phi) is 3.97. The van der Waals surface area contributed by atoms with Crippen molar-refractivity contribution in [3.8, 4) is 0 Å². The van der Waals surface area contributed by atoms with Crippen LogP contribution >= 0.6 is 11.6 Å². The van der Waals surface area contributed by atoms with E-state index in [1.165, 1.54) is 5.57 Å². The number of hydrogen-bond donors (Lipinski definition) is 1. The Morgan fingerprint density at radius 2 is 2.04 bits per heavy atom. The molecule has 3 nitrogen and oxygen atoms in total. The molecule has 2 bridgehead atoms. The first-order valence-electron chi connectivity index (χ1n) is 8.95. The van der Waals surface area contributed by atoms with Gasteiger partial charge in [0.1, 0.15) is 0 Å². The van der Waals surface area contributed by atoms with Crippen molar-refractivity contribution in [3.05, 3.63) is 40.4 Å². The van der Waals surface area contributed by atoms with Crippen LogP contribution in [0.3, 0.4) is 0 Å². The fraction of sp³-hybridized carbons (Fsp3) is 0.550. The maximum atomic E-state index is 13.3. The van der Waals surface area contributed by atoms with Gasteiger partial charge in [-0.15, -0.1) is 0 Å². The molecule has 1 aromatic rings. The lowest BCUT2D eigenvalue weighted by molar-refractivity contribution is -0.128. The minimum Gasteiger partial charge on any atom is -0.333 e. The van der Waals surface area contributed by atoms with E-state index in [0.29, 0.717) is 12.1 Å². The summed E-state index contributed by atoms with van der Waals surface area (Å²) in [6.45, 7) is 6.41. The number of nitrogens with zero attached hydrogens (tertiary/aromatic N) is 1. The highest BCUT2D eigenvalue weighted by Gasteiger charge is 2.42. The van der Waals surface area contributed by atoms with Gasteiger partial charge in [-0.25, -0.2) is 0 Å². The standard InChI is InChI=1S/C20H25ClN2O/c1-20(2)8-7-17(18(10-20)13-3-5-14(21)6-4-13)19(24)23-12-15-9-16(23)11-22-15/h3-6,15-16,22H,7-12H2,1-2H3. The SMILES string of the molecule is CC1(C)CCC(C(=O)N2CC3CC2CN3)=C(c2ccc(Cl)cc2)C1. The topological polar surface area (TPSA) is 32.3 Å². The van der Waals surface area contributed by atoms with Gasteiger partial charge in [0.2, 0.25) is 5.91 Å². The summed E-state index contributed by atoms with van der Waals surface area (Å²) in [6.07, 6.45) is 4.02. The van der Waals surface area contributed by atoms with Crippen LogP contribution in [-0.2, 0) is 4.79 Å². The maximum absolute atomic E-state index is 13.3. The predicted octanol–water partition coefficient (Wildman–Crippen LogP) is 3.88. The minimum absolute atomic E-state index is 0.240. The van der Waals surface area contributed by atoms with Crippen LogP contribution in [0.2, 0.25) is 5.02 Å². The molecule has 0 saturated carbocycles. The van der Waals surface area contributed by atoms with Gasteiger partial charge in [-0.3, -0.25) is 4.79 Å². The Balaban J connectivity index is 1.70. The van der Waals surface area contributed by atoms with Crippen LogP contribution in [0.5, 0.6) is 0 Å². The van der Waals surface area contributed by atoms with Gasteiger partial charge in [-0.05, 0) is 54.4 Å². The number of carbonyl (C=O) groups excluding carboxylic acids is 1. The molecular formula is C20H25ClN2O. The number of nitrogens with one attached hydrogen (secondary N) is 1. The van der Waals surface area contributed by atoms with E-state index in [-0.39, 0.29) is 11.3 Å². The number of rotatable bonds is 2. The number of piperazine rings is 1. The highest BCUT2D eigenvalue weighted by molar-refractivity contribution is 6.30. The van der Waals surface area contributed by atoms with Gasteiger partial charge in [-0.1, -0.05) is 37.6 Å². The molecule has 0 aromatic heterocycles. The lowest BCUT2D eigenvalue weighted by Gasteiger charge is -2.36. The molecule has 2 saturated heterocycles. The molecule has 0 radical (unpaired) electrons. The van der Waals surface area contributed by atoms with E-state index in [4.69, 9.17) is 11.6 Å². The van der Waals surface area contributed by atoms with Crippen LogP contribution in [0.15, 0.2) is 29.8 Å². The van der Waals surface area contributed by atoms with Crippen LogP contribution in [0, 0.1) is 5.41 Å². The van der Waals surface area contributed by atoms with Crippen LogP contribution < -0.4 is 5.32 Å². The highest BCUT2D eigenvalue weighted by Crippen LogP contribution is 2.44. The number of amides is 1. The molecule has 1 amide bonds. The molecule has 4 heteroatoms. The third-order valence-corrected chi connectivity index (χ3v) is 6.09. The second-order valence-electron chi connectivity index (χ2n) is 8.26. The molecular weight excluding hydrogens is 320 g/mol. The molecule has 2 aliphatic heterocycles. The van der Waals surface area contributed by atoms with Crippen molar-refractivity contribution >= 4 is 23.1 Å². The second kappa shape index (κ2) is 5.89. The summed E-state index contributed by atoms with van der Waals surface area (Å²) in [6, 6.07) is 8.86. The summed E-state index contributed by atoms with van der Waals surface area (Å²) >= 11 is 6.05. The minimum atomic E-state index is 0.240. The fourth-order valence-corrected chi connectivity index (χ4v) is 4.56. The van der Waals surface area contributed by atoms with Crippen LogP contribution in [0.4, 0.5) is 0 Å². The van der Waals surface area contributed by atoms with Gasteiger partial charge in [0.15, 0.2) is 0 Å². The average Bonchev–Trinajstić information content (AvgIpc) is 3.17. The Labute approximate surface area is 149 Å². The van der Waals surface area contributed by atoms with Crippen LogP contribution in [0.1, 0.15) is 45.1 Å². The van der Waals surface area contributed by atoms with Gasteiger partial charge in [0, 0.05) is 35.8 Å². The molecule has 24 heavy (non-hydrogen) atoms. The molecule has 2 heterocycles. The normalized spacial score (nSPS) is 28.5. The molecule has 4 rings (SSSR count). The zero-order valence-electron chi connectivity index (χ0n) is 14.4. The summed E-state index contributed by atoms with van der Waals surface area (Å²) in [5.74, 6) is 0.268. The largest absolute Gasteiger partial charge is 0.333 e. The molecule has 2 atom stereocenters. The molecule has 0 spiro atoms. The van der Waals surface area contributed by atoms with E-state index < -0.39 is 0 Å². The lowest BCUT2D eigenvalue weighted by atomic mass is 9.72. The van der Waals surface area contributed by atoms with E-state index in [2.05, 4.69) is 36.2 Å². The van der Waals surface area contributed by atoms with Crippen LogP contribution in [0.25, 0.3) is 5.57 Å². The number of fused-ring (bicyclic) bond motifs is 2. The first kappa shape index (κ1) is 16.2. The van der Waals surface area contributed by atoms with Gasteiger partial charge < -0.3 is 10.2 Å². The smallest absolute Gasteiger partial charge is 0.250 e. The summed E-state index contributed by atoms with van der Waals surface area (Å²) < 4.78 is 0. The molecule has 1 N–H and O–H groups in total. The Bertz CT molecular complexity index is 692. The molecule has 1 aliphatic carbocycles. The highest BCUT2D eigenvalue weighted by atomic mass is 35.5. The molecule has 1 aromatic carbocycles. The van der Waals surface area contributed by atoms with E-state index in [9.17, 15) is 4.79 Å². The zero-order chi connectivity index (χ0) is 16.9. The zero-order valence-corrected chi connectivity index (χ0v) is 15.2. The quantitative estimate of drug-likeness (QED) is 0.883. The summed E-state index contributed by atoms with van der Waals surface area (Å²) in [4.78, 5) is 15.4. The molecule has 3 aliphatic rings. The Morgan fingerprint density at radius 1 is 1.29 bits per heavy atom. The summed E-state index contributed by atoms with van der Waals surface area (Å²) in [7, 11) is 0. The van der Waals surface area contributed by atoms with Crippen molar-refractivity contribution in [1.29, 1.82) is 0 Å². The van der Waals surface area contributed by atoms with Gasteiger partial charge in [-0.2, -0.15) is 0 Å². The van der Waals surface area contributed by atoms with Gasteiger partial charge >= 0.3 is 0 Å². The number of hydrogen-bond acceptors (Lipinski definition) is 2. The van der Waals surface area contributed by atoms with E-state index in [1.54, 1.807) is 0 Å². The third-order valence-electron chi connectivity index (χ3n) is 5.84. The van der Waals surface area contributed by atoms with Crippen molar-refractivity contribution in [2.24, 2.45) is 5.41 Å². The lowest BCUT2D eigenvalue weighted by Crippen LogP contribution is -2.47. The molecule has 2 unspecified atom stereocenters. The van der Waals surface area contributed by atoms with Gasteiger partial charge in [0.05, 0.1) is 0 Å². The van der Waals surface area contributed by atoms with E-state index >= 15 is 0 Å². The van der Waals surface area contributed by atoms with E-state index in [0.717, 1.165) is 54.9 Å². The monoisotopic (exact) mass is 344 g/mol. The van der Waals surface area contributed by atoms with Crippen molar-refractivity contribution < 1.29 is 4.79 Å². The Hall–Kier alpha value is -1.32. The van der Waals surface area contributed by atoms with Crippen molar-refractivity contribution in [2.45, 2.75) is 51.6 Å². The first-order valence-corrected chi connectivity index (χ1v) is 9.33. The number of carbonyl (C=O) groups is 1. The first-order chi connectivity index (χ1) is 11.4. The maximum Gasteiger partial charge on any atom is 0.250 e. The number of likely N-dealkylation sites (tertiary alicyclic amines) is 1. The number of halogens is 1. The second-order valence-corrected chi connectivity index (χ2v) is 8.69. The number of benzene rings is 1. The molecule has 128 valence electrons. The van der Waals surface area contributed by atoms with Crippen LogP contribution in [-0.4, -0.2) is 36.0 Å². The average molecular weight is 345 g/mol.